The summed E-state index contributed by atoms with van der Waals surface area (Å²) >= 11 is 0. The summed E-state index contributed by atoms with van der Waals surface area (Å²) in [6.45, 7) is 0.765. The predicted octanol–water partition coefficient (Wildman–Crippen LogP) is 2.08. The van der Waals surface area contributed by atoms with E-state index in [1.165, 1.54) is 11.1 Å². The summed E-state index contributed by atoms with van der Waals surface area (Å²) in [6, 6.07) is 20.6. The Morgan fingerprint density at radius 2 is 1.41 bits per heavy atom. The fourth-order valence-corrected chi connectivity index (χ4v) is 2.29. The molecule has 1 radical (unpaired) electrons. The SMILES string of the molecule is [B]1NCC(c2ccccc2)(c2ccccc2)O1. The van der Waals surface area contributed by atoms with Gasteiger partial charge in [0, 0.05) is 6.54 Å². The Bertz CT molecular complexity index is 439. The molecule has 1 aliphatic heterocycles. The van der Waals surface area contributed by atoms with Crippen LogP contribution in [0.3, 0.4) is 0 Å². The van der Waals surface area contributed by atoms with E-state index in [9.17, 15) is 0 Å². The highest BCUT2D eigenvalue weighted by atomic mass is 16.5. The van der Waals surface area contributed by atoms with Crippen LogP contribution in [-0.4, -0.2) is 14.2 Å². The molecule has 83 valence electrons. The van der Waals surface area contributed by atoms with Gasteiger partial charge >= 0.3 is 7.62 Å². The molecule has 3 heteroatoms. The van der Waals surface area contributed by atoms with Crippen molar-refractivity contribution in [2.45, 2.75) is 5.60 Å². The molecular weight excluding hydrogens is 209 g/mol. The first-order valence-electron chi connectivity index (χ1n) is 5.76. The largest absolute Gasteiger partial charge is 0.409 e. The van der Waals surface area contributed by atoms with Gasteiger partial charge in [-0.3, -0.25) is 0 Å². The lowest BCUT2D eigenvalue weighted by molar-refractivity contribution is 0.156. The standard InChI is InChI=1S/C14H13BNO/c1-3-7-12(8-4-1)14(11-16-15-17-14)13-9-5-2-6-10-13/h1-10,16H,11H2. The summed E-state index contributed by atoms with van der Waals surface area (Å²) < 4.78 is 5.88. The Labute approximate surface area is 102 Å². The van der Waals surface area contributed by atoms with Gasteiger partial charge in [-0.15, -0.1) is 0 Å². The Morgan fingerprint density at radius 3 is 1.82 bits per heavy atom. The molecule has 0 aromatic heterocycles. The van der Waals surface area contributed by atoms with Gasteiger partial charge in [-0.1, -0.05) is 60.7 Å². The van der Waals surface area contributed by atoms with Crippen LogP contribution in [0.1, 0.15) is 11.1 Å². The Hall–Kier alpha value is -1.58. The second kappa shape index (κ2) is 4.36. The third-order valence-electron chi connectivity index (χ3n) is 3.17. The molecule has 1 N–H and O–H groups in total. The van der Waals surface area contributed by atoms with Crippen LogP contribution in [0.15, 0.2) is 60.7 Å². The molecule has 1 heterocycles. The zero-order chi connectivity index (χ0) is 11.6. The lowest BCUT2D eigenvalue weighted by atomic mass is 9.86. The zero-order valence-electron chi connectivity index (χ0n) is 9.47. The first-order chi connectivity index (χ1) is 8.42. The maximum absolute atomic E-state index is 5.88. The quantitative estimate of drug-likeness (QED) is 0.785. The van der Waals surface area contributed by atoms with E-state index in [-0.39, 0.29) is 5.60 Å². The molecule has 0 spiro atoms. The topological polar surface area (TPSA) is 21.3 Å². The molecule has 2 aromatic carbocycles. The van der Waals surface area contributed by atoms with Gasteiger partial charge in [0.05, 0.1) is 0 Å². The monoisotopic (exact) mass is 222 g/mol. The van der Waals surface area contributed by atoms with Crippen molar-refractivity contribution in [3.8, 4) is 0 Å². The molecule has 1 saturated heterocycles. The molecule has 2 aromatic rings. The van der Waals surface area contributed by atoms with Crippen molar-refractivity contribution >= 4 is 7.62 Å². The number of hydrogen-bond donors (Lipinski definition) is 1. The summed E-state index contributed by atoms with van der Waals surface area (Å²) in [5.74, 6) is 0. The first kappa shape index (κ1) is 10.6. The maximum atomic E-state index is 5.88. The smallest absolute Gasteiger partial charge is 0.396 e. The zero-order valence-corrected chi connectivity index (χ0v) is 9.47. The van der Waals surface area contributed by atoms with E-state index in [4.69, 9.17) is 4.65 Å². The molecule has 17 heavy (non-hydrogen) atoms. The summed E-state index contributed by atoms with van der Waals surface area (Å²) in [5.41, 5.74) is 1.96. The van der Waals surface area contributed by atoms with Gasteiger partial charge in [-0.25, -0.2) is 0 Å². The van der Waals surface area contributed by atoms with Crippen molar-refractivity contribution in [2.75, 3.05) is 6.54 Å². The maximum Gasteiger partial charge on any atom is 0.396 e. The first-order valence-corrected chi connectivity index (χ1v) is 5.76. The second-order valence-electron chi connectivity index (χ2n) is 4.18. The second-order valence-corrected chi connectivity index (χ2v) is 4.18. The molecule has 0 saturated carbocycles. The van der Waals surface area contributed by atoms with Gasteiger partial charge in [-0.05, 0) is 11.1 Å². The van der Waals surface area contributed by atoms with Crippen LogP contribution >= 0.6 is 0 Å². The lowest BCUT2D eigenvalue weighted by Crippen LogP contribution is -2.31. The van der Waals surface area contributed by atoms with E-state index in [1.54, 1.807) is 7.62 Å². The van der Waals surface area contributed by atoms with E-state index >= 15 is 0 Å². The third kappa shape index (κ3) is 1.77. The Kier molecular flexibility index (Phi) is 2.71. The predicted molar refractivity (Wildman–Crippen MR) is 68.5 cm³/mol. The summed E-state index contributed by atoms with van der Waals surface area (Å²) in [6.07, 6.45) is 0. The number of nitrogens with one attached hydrogen (secondary N) is 1. The fraction of sp³-hybridized carbons (Fsp3) is 0.143. The number of rotatable bonds is 2. The van der Waals surface area contributed by atoms with Crippen LogP contribution in [0, 0.1) is 0 Å². The number of hydrogen-bond acceptors (Lipinski definition) is 2. The van der Waals surface area contributed by atoms with Gasteiger partial charge in [0.15, 0.2) is 0 Å². The molecule has 2 nitrogen and oxygen atoms in total. The van der Waals surface area contributed by atoms with E-state index in [2.05, 4.69) is 29.5 Å². The van der Waals surface area contributed by atoms with Crippen molar-refractivity contribution in [1.82, 2.24) is 5.23 Å². The normalized spacial score (nSPS) is 17.6. The molecule has 0 atom stereocenters. The lowest BCUT2D eigenvalue weighted by Gasteiger charge is -2.29. The summed E-state index contributed by atoms with van der Waals surface area (Å²) in [5, 5.41) is 3.16. The molecule has 0 aliphatic carbocycles. The highest BCUT2D eigenvalue weighted by Crippen LogP contribution is 2.34. The van der Waals surface area contributed by atoms with Gasteiger partial charge in [0.1, 0.15) is 5.60 Å². The van der Waals surface area contributed by atoms with E-state index in [0.29, 0.717) is 0 Å². The summed E-state index contributed by atoms with van der Waals surface area (Å²) in [7, 11) is 1.68. The van der Waals surface area contributed by atoms with Gasteiger partial charge in [-0.2, -0.15) is 0 Å². The van der Waals surface area contributed by atoms with Gasteiger partial charge < -0.3 is 9.88 Å². The van der Waals surface area contributed by atoms with Crippen molar-refractivity contribution in [2.24, 2.45) is 0 Å². The van der Waals surface area contributed by atoms with Crippen LogP contribution in [-0.2, 0) is 10.3 Å². The van der Waals surface area contributed by atoms with Gasteiger partial charge in [0.2, 0.25) is 0 Å². The third-order valence-corrected chi connectivity index (χ3v) is 3.17. The fourth-order valence-electron chi connectivity index (χ4n) is 2.29. The minimum Gasteiger partial charge on any atom is -0.409 e. The van der Waals surface area contributed by atoms with Crippen LogP contribution in [0.5, 0.6) is 0 Å². The molecule has 1 fully saturated rings. The average molecular weight is 222 g/mol. The van der Waals surface area contributed by atoms with Crippen LogP contribution in [0.4, 0.5) is 0 Å². The van der Waals surface area contributed by atoms with E-state index in [0.717, 1.165) is 6.54 Å². The average Bonchev–Trinajstić information content (AvgIpc) is 2.91. The van der Waals surface area contributed by atoms with Crippen LogP contribution in [0.25, 0.3) is 0 Å². The van der Waals surface area contributed by atoms with E-state index < -0.39 is 0 Å². The van der Waals surface area contributed by atoms with Crippen molar-refractivity contribution in [3.63, 3.8) is 0 Å². The van der Waals surface area contributed by atoms with Gasteiger partial charge in [0.25, 0.3) is 0 Å². The highest BCUT2D eigenvalue weighted by molar-refractivity contribution is 6.25. The van der Waals surface area contributed by atoms with Crippen LogP contribution < -0.4 is 5.23 Å². The highest BCUT2D eigenvalue weighted by Gasteiger charge is 2.38. The summed E-state index contributed by atoms with van der Waals surface area (Å²) in [4.78, 5) is 0. The van der Waals surface area contributed by atoms with E-state index in [1.807, 2.05) is 36.4 Å². The molecule has 0 unspecified atom stereocenters. The van der Waals surface area contributed by atoms with Crippen molar-refractivity contribution < 1.29 is 4.65 Å². The minimum absolute atomic E-state index is 0.386. The number of benzene rings is 2. The van der Waals surface area contributed by atoms with Crippen LogP contribution in [0.2, 0.25) is 0 Å². The molecular formula is C14H13BNO. The Morgan fingerprint density at radius 1 is 0.882 bits per heavy atom. The molecule has 0 bridgehead atoms. The van der Waals surface area contributed by atoms with Crippen molar-refractivity contribution in [1.29, 1.82) is 0 Å². The molecule has 0 amide bonds. The molecule has 3 rings (SSSR count). The molecule has 1 aliphatic rings. The Balaban J connectivity index is 2.11. The van der Waals surface area contributed by atoms with Crippen molar-refractivity contribution in [3.05, 3.63) is 71.8 Å². The minimum atomic E-state index is -0.386.